The lowest BCUT2D eigenvalue weighted by Gasteiger charge is -2.46. The Kier molecular flexibility index (Phi) is 5.33. The summed E-state index contributed by atoms with van der Waals surface area (Å²) in [6.45, 7) is 9.44. The molecule has 0 radical (unpaired) electrons. The molecular weight excluding hydrogens is 270 g/mol. The van der Waals surface area contributed by atoms with Gasteiger partial charge in [0.15, 0.2) is 0 Å². The van der Waals surface area contributed by atoms with Gasteiger partial charge < -0.3 is 5.32 Å². The van der Waals surface area contributed by atoms with Crippen molar-refractivity contribution in [2.24, 2.45) is 0 Å². The molecule has 4 heteroatoms. The first-order chi connectivity index (χ1) is 9.95. The number of hydrogen-bond donors (Lipinski definition) is 1. The monoisotopic (exact) mass is 296 g/mol. The van der Waals surface area contributed by atoms with Gasteiger partial charge in [-0.15, -0.1) is 0 Å². The topological polar surface area (TPSA) is 15.3 Å². The number of piperazine rings is 1. The van der Waals surface area contributed by atoms with E-state index in [4.69, 9.17) is 0 Å². The van der Waals surface area contributed by atoms with Crippen molar-refractivity contribution < 1.29 is 8.78 Å². The predicted molar refractivity (Wildman–Crippen MR) is 82.4 cm³/mol. The number of hydrogen-bond acceptors (Lipinski definition) is 2. The van der Waals surface area contributed by atoms with Crippen molar-refractivity contribution >= 4 is 0 Å². The maximum absolute atomic E-state index is 13.3. The highest BCUT2D eigenvalue weighted by molar-refractivity contribution is 5.18. The summed E-state index contributed by atoms with van der Waals surface area (Å²) in [7, 11) is 0. The maximum atomic E-state index is 13.3. The first-order valence-corrected chi connectivity index (χ1v) is 7.90. The van der Waals surface area contributed by atoms with E-state index < -0.39 is 11.6 Å². The van der Waals surface area contributed by atoms with Crippen LogP contribution in [0.2, 0.25) is 0 Å². The SMILES string of the molecule is CCC1CNC(C)(CC)CN1CCc1cc(F)cc(F)c1. The molecule has 1 N–H and O–H groups in total. The Morgan fingerprint density at radius 3 is 2.48 bits per heavy atom. The van der Waals surface area contributed by atoms with Gasteiger partial charge in [-0.2, -0.15) is 0 Å². The van der Waals surface area contributed by atoms with Gasteiger partial charge in [-0.05, 0) is 43.9 Å². The summed E-state index contributed by atoms with van der Waals surface area (Å²) in [5.41, 5.74) is 0.873. The fourth-order valence-corrected chi connectivity index (χ4v) is 3.06. The van der Waals surface area contributed by atoms with Crippen molar-refractivity contribution in [2.75, 3.05) is 19.6 Å². The first kappa shape index (κ1) is 16.4. The largest absolute Gasteiger partial charge is 0.309 e. The molecule has 1 fully saturated rings. The molecule has 2 nitrogen and oxygen atoms in total. The van der Waals surface area contributed by atoms with E-state index in [0.717, 1.165) is 44.1 Å². The quantitative estimate of drug-likeness (QED) is 0.896. The third-order valence-electron chi connectivity index (χ3n) is 4.69. The van der Waals surface area contributed by atoms with E-state index in [1.165, 1.54) is 12.1 Å². The van der Waals surface area contributed by atoms with Crippen molar-refractivity contribution in [1.82, 2.24) is 10.2 Å². The van der Waals surface area contributed by atoms with Gasteiger partial charge in [0.2, 0.25) is 0 Å². The standard InChI is InChI=1S/C17H26F2N2/c1-4-16-11-20-17(3,5-2)12-21(16)7-6-13-8-14(18)10-15(19)9-13/h8-10,16,20H,4-7,11-12H2,1-3H3. The molecule has 0 aliphatic carbocycles. The van der Waals surface area contributed by atoms with Gasteiger partial charge in [0.25, 0.3) is 0 Å². The van der Waals surface area contributed by atoms with Gasteiger partial charge in [0.05, 0.1) is 0 Å². The van der Waals surface area contributed by atoms with Crippen LogP contribution in [0.5, 0.6) is 0 Å². The van der Waals surface area contributed by atoms with E-state index in [9.17, 15) is 8.78 Å². The summed E-state index contributed by atoms with van der Waals surface area (Å²) < 4.78 is 26.5. The van der Waals surface area contributed by atoms with Crippen LogP contribution in [0.4, 0.5) is 8.78 Å². The summed E-state index contributed by atoms with van der Waals surface area (Å²) in [5.74, 6) is -0.980. The predicted octanol–water partition coefficient (Wildman–Crippen LogP) is 3.36. The van der Waals surface area contributed by atoms with Crippen LogP contribution in [-0.4, -0.2) is 36.1 Å². The number of halogens is 2. The molecule has 0 bridgehead atoms. The van der Waals surface area contributed by atoms with Crippen molar-refractivity contribution in [3.05, 3.63) is 35.4 Å². The van der Waals surface area contributed by atoms with Gasteiger partial charge >= 0.3 is 0 Å². The van der Waals surface area contributed by atoms with Gasteiger partial charge in [-0.3, -0.25) is 4.90 Å². The average Bonchev–Trinajstić information content (AvgIpc) is 2.44. The lowest BCUT2D eigenvalue weighted by Crippen LogP contribution is -2.62. The molecule has 0 spiro atoms. The van der Waals surface area contributed by atoms with Crippen molar-refractivity contribution in [2.45, 2.75) is 51.6 Å². The van der Waals surface area contributed by atoms with Crippen LogP contribution in [0.3, 0.4) is 0 Å². The number of nitrogens with zero attached hydrogens (tertiary/aromatic N) is 1. The van der Waals surface area contributed by atoms with E-state index in [-0.39, 0.29) is 5.54 Å². The molecule has 2 rings (SSSR count). The Morgan fingerprint density at radius 2 is 1.90 bits per heavy atom. The highest BCUT2D eigenvalue weighted by Gasteiger charge is 2.33. The van der Waals surface area contributed by atoms with Gasteiger partial charge in [-0.1, -0.05) is 13.8 Å². The number of benzene rings is 1. The molecule has 1 aliphatic rings. The highest BCUT2D eigenvalue weighted by Crippen LogP contribution is 2.21. The third kappa shape index (κ3) is 4.24. The molecular formula is C17H26F2N2. The fourth-order valence-electron chi connectivity index (χ4n) is 3.06. The minimum Gasteiger partial charge on any atom is -0.309 e. The van der Waals surface area contributed by atoms with Crippen LogP contribution in [0.1, 0.15) is 39.2 Å². The molecule has 1 saturated heterocycles. The zero-order valence-corrected chi connectivity index (χ0v) is 13.3. The van der Waals surface area contributed by atoms with E-state index in [0.29, 0.717) is 12.5 Å². The summed E-state index contributed by atoms with van der Waals surface area (Å²) >= 11 is 0. The van der Waals surface area contributed by atoms with Gasteiger partial charge in [0, 0.05) is 37.3 Å². The average molecular weight is 296 g/mol. The highest BCUT2D eigenvalue weighted by atomic mass is 19.1. The van der Waals surface area contributed by atoms with Crippen LogP contribution in [-0.2, 0) is 6.42 Å². The summed E-state index contributed by atoms with van der Waals surface area (Å²) in [6, 6.07) is 4.30. The summed E-state index contributed by atoms with van der Waals surface area (Å²) in [4.78, 5) is 2.46. The lowest BCUT2D eigenvalue weighted by molar-refractivity contribution is 0.0832. The van der Waals surface area contributed by atoms with E-state index in [2.05, 4.69) is 31.0 Å². The summed E-state index contributed by atoms with van der Waals surface area (Å²) in [5, 5.41) is 3.63. The van der Waals surface area contributed by atoms with Crippen LogP contribution in [0, 0.1) is 11.6 Å². The maximum Gasteiger partial charge on any atom is 0.126 e. The number of nitrogens with one attached hydrogen (secondary N) is 1. The molecule has 2 unspecified atom stereocenters. The molecule has 118 valence electrons. The van der Waals surface area contributed by atoms with Crippen LogP contribution in [0.25, 0.3) is 0 Å². The molecule has 2 atom stereocenters. The minimum atomic E-state index is -0.490. The zero-order chi connectivity index (χ0) is 15.5. The van der Waals surface area contributed by atoms with E-state index in [1.807, 2.05) is 0 Å². The Morgan fingerprint density at radius 1 is 1.24 bits per heavy atom. The molecule has 0 saturated carbocycles. The molecule has 21 heavy (non-hydrogen) atoms. The molecule has 1 heterocycles. The van der Waals surface area contributed by atoms with Crippen LogP contribution in [0.15, 0.2) is 18.2 Å². The molecule has 1 aliphatic heterocycles. The smallest absolute Gasteiger partial charge is 0.126 e. The van der Waals surface area contributed by atoms with Crippen molar-refractivity contribution in [3.8, 4) is 0 Å². The van der Waals surface area contributed by atoms with Gasteiger partial charge in [-0.25, -0.2) is 8.78 Å². The van der Waals surface area contributed by atoms with E-state index in [1.54, 1.807) is 0 Å². The zero-order valence-electron chi connectivity index (χ0n) is 13.3. The normalized spacial score (nSPS) is 27.0. The fraction of sp³-hybridized carbons (Fsp3) is 0.647. The Bertz CT molecular complexity index is 458. The molecule has 1 aromatic rings. The van der Waals surface area contributed by atoms with Crippen molar-refractivity contribution in [3.63, 3.8) is 0 Å². The van der Waals surface area contributed by atoms with Gasteiger partial charge in [0.1, 0.15) is 11.6 Å². The van der Waals surface area contributed by atoms with Crippen molar-refractivity contribution in [1.29, 1.82) is 0 Å². The van der Waals surface area contributed by atoms with Crippen LogP contribution < -0.4 is 5.32 Å². The molecule has 1 aromatic carbocycles. The number of rotatable bonds is 5. The summed E-state index contributed by atoms with van der Waals surface area (Å²) in [6.07, 6.45) is 2.85. The Balaban J connectivity index is 2.01. The lowest BCUT2D eigenvalue weighted by atomic mass is 9.92. The molecule has 0 aromatic heterocycles. The minimum absolute atomic E-state index is 0.138. The second-order valence-corrected chi connectivity index (χ2v) is 6.36. The third-order valence-corrected chi connectivity index (χ3v) is 4.69. The Labute approximate surface area is 126 Å². The van der Waals surface area contributed by atoms with Crippen LogP contribution >= 0.6 is 0 Å². The van der Waals surface area contributed by atoms with E-state index >= 15 is 0 Å². The molecule has 0 amide bonds. The second-order valence-electron chi connectivity index (χ2n) is 6.36. The Hall–Kier alpha value is -1.00. The second kappa shape index (κ2) is 6.84. The first-order valence-electron chi connectivity index (χ1n) is 7.90.